The molecule has 2 fully saturated rings. The smallest absolute Gasteiger partial charge is 0.259 e. The number of hydrogen-bond acceptors (Lipinski definition) is 10. The summed E-state index contributed by atoms with van der Waals surface area (Å²) in [4.78, 5) is 0. The lowest BCUT2D eigenvalue weighted by Gasteiger charge is -2.39. The molecule has 1 unspecified atom stereocenters. The number of nitrogens with zero attached hydrogens (tertiary/aromatic N) is 2. The van der Waals surface area contributed by atoms with Gasteiger partial charge in [0.25, 0.3) is 8.53 Å². The summed E-state index contributed by atoms with van der Waals surface area (Å²) in [7, 11) is 1.72. The minimum absolute atomic E-state index is 0.120. The maximum atomic E-state index is 9.41. The Bertz CT molecular complexity index is 1790. The van der Waals surface area contributed by atoms with Crippen molar-refractivity contribution < 1.29 is 37.5 Å². The van der Waals surface area contributed by atoms with Gasteiger partial charge < -0.3 is 37.5 Å². The zero-order valence-electron chi connectivity index (χ0n) is 34.8. The topological polar surface area (TPSA) is 101 Å². The number of ether oxygens (including phenoxy) is 6. The summed E-state index contributed by atoms with van der Waals surface area (Å²) in [5.41, 5.74) is 4.16. The van der Waals surface area contributed by atoms with E-state index in [9.17, 15) is 5.26 Å². The molecular weight excluding hydrogens is 751 g/mol. The Morgan fingerprint density at radius 1 is 0.793 bits per heavy atom. The van der Waals surface area contributed by atoms with Gasteiger partial charge in [0.05, 0.1) is 53.1 Å². The molecule has 0 amide bonds. The number of nitriles is 1. The van der Waals surface area contributed by atoms with Gasteiger partial charge in [-0.15, -0.1) is 0 Å². The van der Waals surface area contributed by atoms with E-state index >= 15 is 0 Å². The summed E-state index contributed by atoms with van der Waals surface area (Å²) in [5.74, 6) is 2.01. The van der Waals surface area contributed by atoms with Gasteiger partial charge in [0.1, 0.15) is 35.4 Å². The molecule has 0 N–H and O–H groups in total. The van der Waals surface area contributed by atoms with Crippen LogP contribution in [0.5, 0.6) is 11.5 Å². The van der Waals surface area contributed by atoms with Crippen LogP contribution in [0.2, 0.25) is 0 Å². The van der Waals surface area contributed by atoms with E-state index in [1.54, 1.807) is 14.2 Å². The van der Waals surface area contributed by atoms with E-state index in [-0.39, 0.29) is 31.7 Å². The van der Waals surface area contributed by atoms with Gasteiger partial charge >= 0.3 is 0 Å². The highest BCUT2D eigenvalue weighted by Gasteiger charge is 2.46. The van der Waals surface area contributed by atoms with Gasteiger partial charge in [-0.1, -0.05) is 78.9 Å². The van der Waals surface area contributed by atoms with Crippen LogP contribution in [0, 0.1) is 11.3 Å². The molecular formula is C47H59N2O8P. The van der Waals surface area contributed by atoms with Gasteiger partial charge in [0.15, 0.2) is 0 Å². The van der Waals surface area contributed by atoms with Crippen LogP contribution >= 0.6 is 8.53 Å². The molecule has 4 aromatic carbocycles. The fourth-order valence-corrected chi connectivity index (χ4v) is 9.65. The SMILES string of the molecule is COc1ccc(C(OC[C@H]2OC[C@H](OCc3ccc(C4CCOCC4)cc3)[C@@H]2OP(OCCC#N)N(C(C)C)C(C)C)(c2ccccc2)c2ccc(OC)cc2)cc1. The van der Waals surface area contributed by atoms with Crippen molar-refractivity contribution in [2.24, 2.45) is 0 Å². The van der Waals surface area contributed by atoms with Crippen LogP contribution in [-0.2, 0) is 40.2 Å². The number of methoxy groups -OCH3 is 2. The highest BCUT2D eigenvalue weighted by Crippen LogP contribution is 2.50. The number of hydrogen-bond donors (Lipinski definition) is 0. The molecule has 2 aliphatic rings. The predicted molar refractivity (Wildman–Crippen MR) is 226 cm³/mol. The van der Waals surface area contributed by atoms with E-state index in [1.807, 2.05) is 66.7 Å². The molecule has 2 saturated heterocycles. The lowest BCUT2D eigenvalue weighted by atomic mass is 9.80. The number of benzene rings is 4. The maximum Gasteiger partial charge on any atom is 0.259 e. The van der Waals surface area contributed by atoms with Crippen LogP contribution < -0.4 is 9.47 Å². The molecule has 11 heteroatoms. The van der Waals surface area contributed by atoms with Crippen molar-refractivity contribution in [3.63, 3.8) is 0 Å². The fourth-order valence-electron chi connectivity index (χ4n) is 7.87. The monoisotopic (exact) mass is 810 g/mol. The normalized spacial score (nSPS) is 19.4. The molecule has 2 heterocycles. The van der Waals surface area contributed by atoms with Gasteiger partial charge in [0.2, 0.25) is 0 Å². The van der Waals surface area contributed by atoms with Gasteiger partial charge in [-0.2, -0.15) is 5.26 Å². The van der Waals surface area contributed by atoms with Crippen molar-refractivity contribution in [2.45, 2.75) is 95.5 Å². The van der Waals surface area contributed by atoms with Gasteiger partial charge in [-0.3, -0.25) is 0 Å². The fraction of sp³-hybridized carbons (Fsp3) is 0.468. The van der Waals surface area contributed by atoms with E-state index in [0.29, 0.717) is 19.1 Å². The van der Waals surface area contributed by atoms with Crippen molar-refractivity contribution >= 4 is 8.53 Å². The molecule has 0 saturated carbocycles. The quantitative estimate of drug-likeness (QED) is 0.0488. The Morgan fingerprint density at radius 2 is 1.38 bits per heavy atom. The summed E-state index contributed by atoms with van der Waals surface area (Å²) in [5, 5.41) is 9.41. The van der Waals surface area contributed by atoms with Crippen LogP contribution in [0.15, 0.2) is 103 Å². The van der Waals surface area contributed by atoms with Crippen LogP contribution in [0.3, 0.4) is 0 Å². The second kappa shape index (κ2) is 21.4. The lowest BCUT2D eigenvalue weighted by Crippen LogP contribution is -2.42. The van der Waals surface area contributed by atoms with Crippen molar-refractivity contribution in [2.75, 3.05) is 47.3 Å². The van der Waals surface area contributed by atoms with Crippen LogP contribution in [0.4, 0.5) is 0 Å². The van der Waals surface area contributed by atoms with Crippen molar-refractivity contribution in [1.29, 1.82) is 5.26 Å². The van der Waals surface area contributed by atoms with E-state index in [2.05, 4.69) is 74.8 Å². The highest BCUT2D eigenvalue weighted by molar-refractivity contribution is 7.44. The van der Waals surface area contributed by atoms with Crippen molar-refractivity contribution in [1.82, 2.24) is 4.67 Å². The average Bonchev–Trinajstić information content (AvgIpc) is 3.64. The Hall–Kier alpha value is -3.88. The first-order chi connectivity index (χ1) is 28.3. The Morgan fingerprint density at radius 3 is 1.93 bits per heavy atom. The summed E-state index contributed by atoms with van der Waals surface area (Å²) in [6.07, 6.45) is 0.864. The largest absolute Gasteiger partial charge is 0.497 e. The standard InChI is InChI=1S/C47H59N2O8P/c1-34(2)49(35(3)4)58(56-28-10-27-48)57-46-44(53-31-36-13-15-37(16-14-36)38-25-29-52-30-26-38)32-54-45(46)33-55-47(39-11-8-7-9-12-39,40-17-21-42(50-5)22-18-40)41-19-23-43(51-6)24-20-41/h7-9,11-24,34-35,38,44-46H,10,25-26,28-33H2,1-6H3/t44-,45+,46-,58?/m0/s1. The molecule has 0 aliphatic carbocycles. The summed E-state index contributed by atoms with van der Waals surface area (Å²) in [6.45, 7) is 11.3. The predicted octanol–water partition coefficient (Wildman–Crippen LogP) is 9.55. The molecule has 0 aromatic heterocycles. The van der Waals surface area contributed by atoms with E-state index in [1.165, 1.54) is 5.56 Å². The third kappa shape index (κ3) is 10.6. The molecule has 0 bridgehead atoms. The zero-order valence-corrected chi connectivity index (χ0v) is 35.6. The van der Waals surface area contributed by atoms with Crippen LogP contribution in [0.1, 0.15) is 80.7 Å². The van der Waals surface area contributed by atoms with Gasteiger partial charge in [-0.05, 0) is 98.5 Å². The molecule has 0 spiro atoms. The van der Waals surface area contributed by atoms with Crippen molar-refractivity contribution in [3.8, 4) is 17.6 Å². The molecule has 4 aromatic rings. The maximum absolute atomic E-state index is 9.41. The summed E-state index contributed by atoms with van der Waals surface area (Å²) in [6, 6.07) is 37.4. The third-order valence-corrected chi connectivity index (χ3v) is 13.0. The minimum atomic E-state index is -1.61. The average molecular weight is 811 g/mol. The molecule has 4 atom stereocenters. The first kappa shape index (κ1) is 43.7. The molecule has 58 heavy (non-hydrogen) atoms. The first-order valence-corrected chi connectivity index (χ1v) is 21.5. The Labute approximate surface area is 346 Å². The minimum Gasteiger partial charge on any atom is -0.497 e. The van der Waals surface area contributed by atoms with Crippen LogP contribution in [0.25, 0.3) is 0 Å². The summed E-state index contributed by atoms with van der Waals surface area (Å²) >= 11 is 0. The first-order valence-electron chi connectivity index (χ1n) is 20.4. The zero-order chi connectivity index (χ0) is 40.9. The van der Waals surface area contributed by atoms with E-state index in [0.717, 1.165) is 59.8 Å². The second-order valence-electron chi connectivity index (χ2n) is 15.3. The van der Waals surface area contributed by atoms with Crippen molar-refractivity contribution in [3.05, 3.63) is 131 Å². The molecule has 0 radical (unpaired) electrons. The van der Waals surface area contributed by atoms with E-state index < -0.39 is 32.4 Å². The second-order valence-corrected chi connectivity index (χ2v) is 16.7. The molecule has 10 nitrogen and oxygen atoms in total. The highest BCUT2D eigenvalue weighted by atomic mass is 31.2. The van der Waals surface area contributed by atoms with E-state index in [4.69, 9.17) is 37.5 Å². The Balaban J connectivity index is 1.33. The molecule has 2 aliphatic heterocycles. The third-order valence-electron chi connectivity index (χ3n) is 10.9. The molecule has 310 valence electrons. The van der Waals surface area contributed by atoms with Gasteiger partial charge in [-0.25, -0.2) is 4.67 Å². The van der Waals surface area contributed by atoms with Gasteiger partial charge in [0, 0.05) is 25.3 Å². The van der Waals surface area contributed by atoms with Crippen LogP contribution in [-0.4, -0.2) is 82.3 Å². The number of rotatable bonds is 20. The lowest BCUT2D eigenvalue weighted by molar-refractivity contribution is -0.0726. The Kier molecular flexibility index (Phi) is 16.1. The molecule has 6 rings (SSSR count). The summed E-state index contributed by atoms with van der Waals surface area (Å²) < 4.78 is 53.1.